The Labute approximate surface area is 163 Å². The second-order valence-corrected chi connectivity index (χ2v) is 7.58. The number of nitrogens with one attached hydrogen (secondary N) is 1. The Morgan fingerprint density at radius 1 is 1.22 bits per heavy atom. The van der Waals surface area contributed by atoms with Gasteiger partial charge in [-0.15, -0.1) is 10.2 Å². The van der Waals surface area contributed by atoms with Crippen molar-refractivity contribution in [3.05, 3.63) is 28.4 Å². The summed E-state index contributed by atoms with van der Waals surface area (Å²) in [5.74, 6) is 1.93. The van der Waals surface area contributed by atoms with E-state index in [1.54, 1.807) is 6.07 Å². The fourth-order valence-corrected chi connectivity index (χ4v) is 4.30. The molecule has 0 bridgehead atoms. The van der Waals surface area contributed by atoms with Gasteiger partial charge in [-0.05, 0) is 57.0 Å². The van der Waals surface area contributed by atoms with E-state index in [4.69, 9.17) is 12.2 Å². The van der Waals surface area contributed by atoms with Gasteiger partial charge in [0.05, 0.1) is 0 Å². The Bertz CT molecular complexity index is 853. The summed E-state index contributed by atoms with van der Waals surface area (Å²) in [5.41, 5.74) is 0.410. The molecule has 0 saturated carbocycles. The molecule has 8 nitrogen and oxygen atoms in total. The van der Waals surface area contributed by atoms with Crippen LogP contribution < -0.4 is 4.90 Å². The van der Waals surface area contributed by atoms with Crippen LogP contribution in [0.5, 0.6) is 0 Å². The number of H-pyrrole nitrogens is 1. The van der Waals surface area contributed by atoms with E-state index in [2.05, 4.69) is 32.2 Å². The minimum absolute atomic E-state index is 0.0580. The third-order valence-electron chi connectivity index (χ3n) is 5.48. The molecule has 1 N–H and O–H groups in total. The number of aromatic amines is 1. The van der Waals surface area contributed by atoms with Crippen LogP contribution in [0.2, 0.25) is 0 Å². The zero-order valence-corrected chi connectivity index (χ0v) is 16.4. The van der Waals surface area contributed by atoms with Gasteiger partial charge in [0.25, 0.3) is 5.91 Å². The van der Waals surface area contributed by atoms with Gasteiger partial charge in [0.2, 0.25) is 0 Å². The van der Waals surface area contributed by atoms with Gasteiger partial charge in [-0.25, -0.2) is 0 Å². The molecule has 2 aromatic rings. The lowest BCUT2D eigenvalue weighted by Gasteiger charge is -2.32. The lowest BCUT2D eigenvalue weighted by molar-refractivity contribution is 0.0696. The summed E-state index contributed by atoms with van der Waals surface area (Å²) in [6, 6.07) is 3.71. The topological polar surface area (TPSA) is 82.9 Å². The molecule has 2 aliphatic heterocycles. The number of hydrogen-bond acceptors (Lipinski definition) is 6. The lowest BCUT2D eigenvalue weighted by atomic mass is 9.97. The third-order valence-corrected chi connectivity index (χ3v) is 5.79. The predicted molar refractivity (Wildman–Crippen MR) is 104 cm³/mol. The zero-order chi connectivity index (χ0) is 18.8. The van der Waals surface area contributed by atoms with Crippen molar-refractivity contribution in [3.8, 4) is 0 Å². The van der Waals surface area contributed by atoms with Crippen LogP contribution >= 0.6 is 12.2 Å². The number of anilines is 1. The summed E-state index contributed by atoms with van der Waals surface area (Å²) in [7, 11) is 0. The standard InChI is InChI=1S/C18H25N7OS/c1-2-25-16(21-22-18(25)27)13-6-5-11-24(12-13)17(26)14-7-8-15(20-19-14)23-9-3-4-10-23/h7-8,13H,2-6,9-12H2,1H3,(H,22,27). The van der Waals surface area contributed by atoms with Crippen molar-refractivity contribution in [2.24, 2.45) is 0 Å². The van der Waals surface area contributed by atoms with Gasteiger partial charge < -0.3 is 14.4 Å². The van der Waals surface area contributed by atoms with Gasteiger partial charge in [-0.2, -0.15) is 5.10 Å². The van der Waals surface area contributed by atoms with Crippen LogP contribution in [0, 0.1) is 4.77 Å². The first-order chi connectivity index (χ1) is 13.2. The van der Waals surface area contributed by atoms with E-state index < -0.39 is 0 Å². The second-order valence-electron chi connectivity index (χ2n) is 7.19. The molecule has 27 heavy (non-hydrogen) atoms. The summed E-state index contributed by atoms with van der Waals surface area (Å²) in [6.07, 6.45) is 4.32. The van der Waals surface area contributed by atoms with Gasteiger partial charge in [0.1, 0.15) is 5.82 Å². The zero-order valence-electron chi connectivity index (χ0n) is 15.6. The van der Waals surface area contributed by atoms with Crippen LogP contribution in [-0.2, 0) is 6.54 Å². The van der Waals surface area contributed by atoms with Crippen molar-refractivity contribution in [1.82, 2.24) is 29.9 Å². The molecule has 4 rings (SSSR count). The number of rotatable bonds is 4. The van der Waals surface area contributed by atoms with E-state index in [9.17, 15) is 4.79 Å². The molecule has 1 atom stereocenters. The summed E-state index contributed by atoms with van der Waals surface area (Å²) in [5, 5.41) is 15.8. The van der Waals surface area contributed by atoms with Crippen LogP contribution in [0.1, 0.15) is 54.8 Å². The van der Waals surface area contributed by atoms with Crippen molar-refractivity contribution in [3.63, 3.8) is 0 Å². The maximum Gasteiger partial charge on any atom is 0.274 e. The highest BCUT2D eigenvalue weighted by Crippen LogP contribution is 2.26. The summed E-state index contributed by atoms with van der Waals surface area (Å²) >= 11 is 5.30. The van der Waals surface area contributed by atoms with Crippen LogP contribution in [0.25, 0.3) is 0 Å². The van der Waals surface area contributed by atoms with Crippen LogP contribution in [0.4, 0.5) is 5.82 Å². The highest BCUT2D eigenvalue weighted by Gasteiger charge is 2.29. The van der Waals surface area contributed by atoms with Crippen LogP contribution in [-0.4, -0.2) is 61.9 Å². The first-order valence-corrected chi connectivity index (χ1v) is 10.1. The first-order valence-electron chi connectivity index (χ1n) is 9.70. The quantitative estimate of drug-likeness (QED) is 0.811. The number of carbonyl (C=O) groups excluding carboxylic acids is 1. The average Bonchev–Trinajstić information content (AvgIpc) is 3.37. The highest BCUT2D eigenvalue weighted by molar-refractivity contribution is 7.71. The van der Waals surface area contributed by atoms with Crippen LogP contribution in [0.3, 0.4) is 0 Å². The molecule has 0 aliphatic carbocycles. The number of amides is 1. The van der Waals surface area contributed by atoms with Gasteiger partial charge in [0, 0.05) is 38.6 Å². The number of likely N-dealkylation sites (tertiary alicyclic amines) is 1. The molecule has 9 heteroatoms. The molecule has 2 saturated heterocycles. The molecule has 1 unspecified atom stereocenters. The number of hydrogen-bond donors (Lipinski definition) is 1. The van der Waals surface area contributed by atoms with E-state index in [0.717, 1.165) is 50.7 Å². The van der Waals surface area contributed by atoms with Crippen molar-refractivity contribution >= 4 is 23.9 Å². The molecule has 144 valence electrons. The third kappa shape index (κ3) is 3.60. The number of nitrogens with zero attached hydrogens (tertiary/aromatic N) is 6. The van der Waals surface area contributed by atoms with E-state index in [1.165, 1.54) is 12.8 Å². The molecular weight excluding hydrogens is 362 g/mol. The maximum atomic E-state index is 12.9. The largest absolute Gasteiger partial charge is 0.355 e. The van der Waals surface area contributed by atoms with Crippen molar-refractivity contribution < 1.29 is 4.79 Å². The van der Waals surface area contributed by atoms with E-state index >= 15 is 0 Å². The average molecular weight is 388 g/mol. The minimum Gasteiger partial charge on any atom is -0.355 e. The van der Waals surface area contributed by atoms with E-state index in [-0.39, 0.29) is 11.8 Å². The van der Waals surface area contributed by atoms with Crippen molar-refractivity contribution in [1.29, 1.82) is 0 Å². The summed E-state index contributed by atoms with van der Waals surface area (Å²) in [4.78, 5) is 17.0. The monoisotopic (exact) mass is 387 g/mol. The molecule has 2 aromatic heterocycles. The Morgan fingerprint density at radius 3 is 2.74 bits per heavy atom. The second kappa shape index (κ2) is 7.75. The Hall–Kier alpha value is -2.29. The number of aromatic nitrogens is 5. The SMILES string of the molecule is CCn1c(C2CCCN(C(=O)c3ccc(N4CCCC4)nn3)C2)n[nH]c1=S. The fourth-order valence-electron chi connectivity index (χ4n) is 4.04. The summed E-state index contributed by atoms with van der Waals surface area (Å²) < 4.78 is 2.65. The summed E-state index contributed by atoms with van der Waals surface area (Å²) in [6.45, 7) is 6.23. The normalized spacial score (nSPS) is 20.3. The molecule has 4 heterocycles. The number of piperidine rings is 1. The van der Waals surface area contributed by atoms with Crippen LogP contribution in [0.15, 0.2) is 12.1 Å². The fraction of sp³-hybridized carbons (Fsp3) is 0.611. The van der Waals surface area contributed by atoms with Crippen molar-refractivity contribution in [2.45, 2.75) is 45.1 Å². The first kappa shape index (κ1) is 18.1. The molecule has 2 fully saturated rings. The van der Waals surface area contributed by atoms with E-state index in [0.29, 0.717) is 17.0 Å². The molecule has 0 radical (unpaired) electrons. The van der Waals surface area contributed by atoms with Gasteiger partial charge in [0.15, 0.2) is 16.3 Å². The molecule has 1 amide bonds. The molecule has 0 spiro atoms. The molecule has 2 aliphatic rings. The predicted octanol–water partition coefficient (Wildman–Crippen LogP) is 2.37. The van der Waals surface area contributed by atoms with Gasteiger partial charge >= 0.3 is 0 Å². The maximum absolute atomic E-state index is 12.9. The smallest absolute Gasteiger partial charge is 0.274 e. The van der Waals surface area contributed by atoms with E-state index in [1.807, 2.05) is 15.5 Å². The Morgan fingerprint density at radius 2 is 2.04 bits per heavy atom. The minimum atomic E-state index is -0.0580. The molecule has 0 aromatic carbocycles. The van der Waals surface area contributed by atoms with Gasteiger partial charge in [-0.3, -0.25) is 9.89 Å². The Kier molecular flexibility index (Phi) is 5.20. The number of carbonyl (C=O) groups is 1. The lowest BCUT2D eigenvalue weighted by Crippen LogP contribution is -2.40. The Balaban J connectivity index is 1.47. The van der Waals surface area contributed by atoms with Gasteiger partial charge in [-0.1, -0.05) is 0 Å². The highest BCUT2D eigenvalue weighted by atomic mass is 32.1. The molecular formula is C18H25N7OS. The van der Waals surface area contributed by atoms with Crippen molar-refractivity contribution in [2.75, 3.05) is 31.1 Å².